The van der Waals surface area contributed by atoms with Gasteiger partial charge in [-0.25, -0.2) is 4.79 Å². The first-order valence-electron chi connectivity index (χ1n) is 7.78. The maximum Gasteiger partial charge on any atom is 0.333 e. The van der Waals surface area contributed by atoms with E-state index in [2.05, 4.69) is 18.5 Å². The van der Waals surface area contributed by atoms with E-state index in [1.807, 2.05) is 6.08 Å². The van der Waals surface area contributed by atoms with Crippen LogP contribution in [-0.4, -0.2) is 25.0 Å². The van der Waals surface area contributed by atoms with Crippen LogP contribution in [0.2, 0.25) is 0 Å². The Labute approximate surface area is 128 Å². The molecule has 0 aliphatic heterocycles. The summed E-state index contributed by atoms with van der Waals surface area (Å²) in [6, 6.07) is 0. The standard InChI is InChI=1S/C17H29NO3/c1-4-5-6-7-8-9-10-11-12-16(19)18-13-14-21-17(20)15(2)3/h4H,1-2,5-14H2,3H3,(H,18,19). The second-order valence-electron chi connectivity index (χ2n) is 5.21. The van der Waals surface area contributed by atoms with Gasteiger partial charge in [0.1, 0.15) is 6.61 Å². The number of carbonyl (C=O) groups excluding carboxylic acids is 2. The van der Waals surface area contributed by atoms with Crippen molar-refractivity contribution in [3.8, 4) is 0 Å². The molecule has 0 saturated heterocycles. The minimum absolute atomic E-state index is 0.0213. The molecule has 0 radical (unpaired) electrons. The second kappa shape index (κ2) is 13.4. The summed E-state index contributed by atoms with van der Waals surface area (Å²) in [6.45, 7) is 9.33. The van der Waals surface area contributed by atoms with E-state index in [-0.39, 0.29) is 12.5 Å². The normalized spacial score (nSPS) is 9.95. The fraction of sp³-hybridized carbons (Fsp3) is 0.647. The molecule has 0 unspecified atom stereocenters. The summed E-state index contributed by atoms with van der Waals surface area (Å²) >= 11 is 0. The van der Waals surface area contributed by atoms with Crippen molar-refractivity contribution in [3.05, 3.63) is 24.8 Å². The number of nitrogens with one attached hydrogen (secondary N) is 1. The number of carbonyl (C=O) groups is 2. The number of esters is 1. The zero-order valence-corrected chi connectivity index (χ0v) is 13.3. The first-order chi connectivity index (χ1) is 10.1. The SMILES string of the molecule is C=CCCCCCCCCC(=O)NCCOC(=O)C(=C)C. The first-order valence-corrected chi connectivity index (χ1v) is 7.78. The Morgan fingerprint density at radius 3 is 2.33 bits per heavy atom. The van der Waals surface area contributed by atoms with Crippen LogP contribution >= 0.6 is 0 Å². The van der Waals surface area contributed by atoms with Gasteiger partial charge in [0, 0.05) is 12.0 Å². The molecule has 0 saturated carbocycles. The van der Waals surface area contributed by atoms with Gasteiger partial charge in [0.05, 0.1) is 6.54 Å². The predicted octanol–water partition coefficient (Wildman–Crippen LogP) is 3.53. The molecule has 21 heavy (non-hydrogen) atoms. The molecular formula is C17H29NO3. The molecule has 0 spiro atoms. The highest BCUT2D eigenvalue weighted by atomic mass is 16.5. The smallest absolute Gasteiger partial charge is 0.333 e. The number of amides is 1. The quantitative estimate of drug-likeness (QED) is 0.245. The van der Waals surface area contributed by atoms with E-state index in [0.29, 0.717) is 18.5 Å². The lowest BCUT2D eigenvalue weighted by atomic mass is 10.1. The van der Waals surface area contributed by atoms with Gasteiger partial charge in [-0.3, -0.25) is 4.79 Å². The Hall–Kier alpha value is -1.58. The van der Waals surface area contributed by atoms with E-state index >= 15 is 0 Å². The zero-order chi connectivity index (χ0) is 15.9. The number of rotatable bonds is 13. The van der Waals surface area contributed by atoms with Gasteiger partial charge in [0.15, 0.2) is 0 Å². The topological polar surface area (TPSA) is 55.4 Å². The summed E-state index contributed by atoms with van der Waals surface area (Å²) in [4.78, 5) is 22.6. The van der Waals surface area contributed by atoms with Crippen molar-refractivity contribution < 1.29 is 14.3 Å². The molecule has 0 aromatic rings. The van der Waals surface area contributed by atoms with E-state index < -0.39 is 5.97 Å². The summed E-state index contributed by atoms with van der Waals surface area (Å²) in [5.74, 6) is -0.395. The van der Waals surface area contributed by atoms with Crippen LogP contribution in [-0.2, 0) is 14.3 Å². The molecule has 0 bridgehead atoms. The van der Waals surface area contributed by atoms with Crippen molar-refractivity contribution in [2.24, 2.45) is 0 Å². The van der Waals surface area contributed by atoms with Gasteiger partial charge in [-0.1, -0.05) is 38.3 Å². The van der Waals surface area contributed by atoms with Crippen molar-refractivity contribution in [2.75, 3.05) is 13.2 Å². The van der Waals surface area contributed by atoms with Crippen molar-refractivity contribution in [2.45, 2.75) is 58.3 Å². The van der Waals surface area contributed by atoms with Gasteiger partial charge in [0.2, 0.25) is 5.91 Å². The van der Waals surface area contributed by atoms with E-state index in [9.17, 15) is 9.59 Å². The van der Waals surface area contributed by atoms with Crippen LogP contribution < -0.4 is 5.32 Å². The second-order valence-corrected chi connectivity index (χ2v) is 5.21. The first kappa shape index (κ1) is 19.4. The molecule has 0 fully saturated rings. The summed E-state index contributed by atoms with van der Waals surface area (Å²) < 4.78 is 4.88. The van der Waals surface area contributed by atoms with Crippen LogP contribution in [0.5, 0.6) is 0 Å². The minimum Gasteiger partial charge on any atom is -0.460 e. The monoisotopic (exact) mass is 295 g/mol. The largest absolute Gasteiger partial charge is 0.460 e. The summed E-state index contributed by atoms with van der Waals surface area (Å²) in [5.41, 5.74) is 0.370. The van der Waals surface area contributed by atoms with E-state index in [0.717, 1.165) is 19.3 Å². The van der Waals surface area contributed by atoms with Crippen LogP contribution in [0, 0.1) is 0 Å². The molecule has 0 rings (SSSR count). The highest BCUT2D eigenvalue weighted by Crippen LogP contribution is 2.08. The van der Waals surface area contributed by atoms with Crippen LogP contribution in [0.1, 0.15) is 58.3 Å². The number of allylic oxidation sites excluding steroid dienone is 1. The van der Waals surface area contributed by atoms with Gasteiger partial charge >= 0.3 is 5.97 Å². The molecule has 4 nitrogen and oxygen atoms in total. The highest BCUT2D eigenvalue weighted by Gasteiger charge is 2.04. The van der Waals surface area contributed by atoms with Crippen molar-refractivity contribution in [1.29, 1.82) is 0 Å². The van der Waals surface area contributed by atoms with Crippen LogP contribution in [0.25, 0.3) is 0 Å². The van der Waals surface area contributed by atoms with Gasteiger partial charge in [0.25, 0.3) is 0 Å². The van der Waals surface area contributed by atoms with Crippen LogP contribution in [0.4, 0.5) is 0 Å². The molecule has 4 heteroatoms. The van der Waals surface area contributed by atoms with Crippen LogP contribution in [0.3, 0.4) is 0 Å². The molecule has 0 atom stereocenters. The Bertz CT molecular complexity index is 337. The van der Waals surface area contributed by atoms with Gasteiger partial charge in [-0.2, -0.15) is 0 Å². The minimum atomic E-state index is -0.416. The fourth-order valence-electron chi connectivity index (χ4n) is 1.83. The lowest BCUT2D eigenvalue weighted by Crippen LogP contribution is -2.27. The third-order valence-corrected chi connectivity index (χ3v) is 3.07. The van der Waals surface area contributed by atoms with E-state index in [1.165, 1.54) is 25.7 Å². The summed E-state index contributed by atoms with van der Waals surface area (Å²) in [7, 11) is 0. The number of ether oxygens (including phenoxy) is 1. The molecule has 0 heterocycles. The van der Waals surface area contributed by atoms with Gasteiger partial charge < -0.3 is 10.1 Å². The molecule has 1 amide bonds. The van der Waals surface area contributed by atoms with Crippen molar-refractivity contribution in [1.82, 2.24) is 5.32 Å². The average molecular weight is 295 g/mol. The zero-order valence-electron chi connectivity index (χ0n) is 13.3. The van der Waals surface area contributed by atoms with E-state index in [4.69, 9.17) is 4.74 Å². The Kier molecular flexibility index (Phi) is 12.4. The number of hydrogen-bond acceptors (Lipinski definition) is 3. The van der Waals surface area contributed by atoms with Crippen LogP contribution in [0.15, 0.2) is 24.8 Å². The van der Waals surface area contributed by atoms with Gasteiger partial charge in [-0.15, -0.1) is 6.58 Å². The van der Waals surface area contributed by atoms with Gasteiger partial charge in [-0.05, 0) is 26.2 Å². The van der Waals surface area contributed by atoms with E-state index in [1.54, 1.807) is 6.92 Å². The average Bonchev–Trinajstić information content (AvgIpc) is 2.46. The van der Waals surface area contributed by atoms with Crippen molar-refractivity contribution in [3.63, 3.8) is 0 Å². The fourth-order valence-corrected chi connectivity index (χ4v) is 1.83. The molecule has 0 aromatic carbocycles. The number of hydrogen-bond donors (Lipinski definition) is 1. The summed E-state index contributed by atoms with van der Waals surface area (Å²) in [6.07, 6.45) is 10.5. The van der Waals surface area contributed by atoms with Crippen molar-refractivity contribution >= 4 is 11.9 Å². The Morgan fingerprint density at radius 1 is 1.10 bits per heavy atom. The molecule has 120 valence electrons. The molecule has 0 aliphatic rings. The third kappa shape index (κ3) is 13.2. The molecular weight excluding hydrogens is 266 g/mol. The molecule has 0 aliphatic carbocycles. The lowest BCUT2D eigenvalue weighted by Gasteiger charge is -2.06. The molecule has 0 aromatic heterocycles. The third-order valence-electron chi connectivity index (χ3n) is 3.07. The highest BCUT2D eigenvalue weighted by molar-refractivity contribution is 5.86. The predicted molar refractivity (Wildman–Crippen MR) is 85.9 cm³/mol. The Balaban J connectivity index is 3.33. The number of unbranched alkanes of at least 4 members (excludes halogenated alkanes) is 6. The maximum atomic E-state index is 11.5. The molecule has 1 N–H and O–H groups in total. The summed E-state index contributed by atoms with van der Waals surface area (Å²) in [5, 5.41) is 2.74. The maximum absolute atomic E-state index is 11.5. The Morgan fingerprint density at radius 2 is 1.71 bits per heavy atom. The lowest BCUT2D eigenvalue weighted by molar-refractivity contribution is -0.139.